The molecule has 0 spiro atoms. The zero-order chi connectivity index (χ0) is 17.6. The number of benzene rings is 2. The predicted octanol–water partition coefficient (Wildman–Crippen LogP) is 5.19. The number of aryl methyl sites for hydroxylation is 1. The molecule has 0 N–H and O–H groups in total. The van der Waals surface area contributed by atoms with Gasteiger partial charge in [-0.25, -0.2) is 4.99 Å². The fourth-order valence-corrected chi connectivity index (χ4v) is 3.22. The molecule has 3 aromatic rings. The molecule has 0 saturated heterocycles. The van der Waals surface area contributed by atoms with Crippen LogP contribution in [0.25, 0.3) is 0 Å². The van der Waals surface area contributed by atoms with Crippen LogP contribution in [0.3, 0.4) is 0 Å². The molecule has 0 fully saturated rings. The summed E-state index contributed by atoms with van der Waals surface area (Å²) in [4.78, 5) is 9.46. The lowest BCUT2D eigenvalue weighted by Gasteiger charge is -2.15. The molecule has 3 nitrogen and oxygen atoms in total. The molecule has 0 saturated carbocycles. The van der Waals surface area contributed by atoms with E-state index in [2.05, 4.69) is 43.2 Å². The van der Waals surface area contributed by atoms with Crippen LogP contribution >= 0.6 is 0 Å². The normalized spacial score (nSPS) is 11.6. The van der Waals surface area contributed by atoms with Gasteiger partial charge in [-0.3, -0.25) is 4.98 Å². The van der Waals surface area contributed by atoms with E-state index in [4.69, 9.17) is 9.42 Å². The minimum Gasteiger partial charge on any atom is -0.541 e. The van der Waals surface area contributed by atoms with Crippen molar-refractivity contribution in [3.8, 4) is 5.75 Å². The van der Waals surface area contributed by atoms with Gasteiger partial charge < -0.3 is 4.43 Å². The first-order valence-corrected chi connectivity index (χ1v) is 10.7. The topological polar surface area (TPSA) is 34.5 Å². The van der Waals surface area contributed by atoms with Crippen molar-refractivity contribution in [3.05, 3.63) is 89.7 Å². The second-order valence-corrected chi connectivity index (χ2v) is 8.00. The van der Waals surface area contributed by atoms with Gasteiger partial charge in [0.1, 0.15) is 11.4 Å². The van der Waals surface area contributed by atoms with Crippen molar-refractivity contribution in [2.24, 2.45) is 4.99 Å². The molecule has 0 amide bonds. The minimum absolute atomic E-state index is 0.843. The smallest absolute Gasteiger partial charge is 0.274 e. The first kappa shape index (κ1) is 17.1. The molecule has 1 aromatic heterocycles. The van der Waals surface area contributed by atoms with Gasteiger partial charge in [0.15, 0.2) is 0 Å². The number of aromatic nitrogens is 1. The highest BCUT2D eigenvalue weighted by Crippen LogP contribution is 2.32. The molecular formula is C21H21N2OSi. The molecule has 3 rings (SSSR count). The van der Waals surface area contributed by atoms with E-state index in [1.54, 1.807) is 6.20 Å². The maximum absolute atomic E-state index is 6.12. The van der Waals surface area contributed by atoms with Crippen molar-refractivity contribution in [1.82, 2.24) is 4.98 Å². The molecule has 4 heteroatoms. The largest absolute Gasteiger partial charge is 0.541 e. The number of pyridine rings is 1. The Morgan fingerprint density at radius 1 is 0.920 bits per heavy atom. The van der Waals surface area contributed by atoms with Crippen LogP contribution in [0.4, 0.5) is 5.69 Å². The summed E-state index contributed by atoms with van der Waals surface area (Å²) in [5.41, 5.74) is 4.67. The Morgan fingerprint density at radius 3 is 2.36 bits per heavy atom. The molecule has 125 valence electrons. The van der Waals surface area contributed by atoms with Gasteiger partial charge in [0, 0.05) is 11.8 Å². The number of nitrogens with zero attached hydrogens (tertiary/aromatic N) is 2. The van der Waals surface area contributed by atoms with Crippen LogP contribution in [0, 0.1) is 6.92 Å². The lowest BCUT2D eigenvalue weighted by molar-refractivity contribution is 0.577. The maximum atomic E-state index is 6.12. The Morgan fingerprint density at radius 2 is 1.68 bits per heavy atom. The highest BCUT2D eigenvalue weighted by Gasteiger charge is 2.13. The molecule has 0 bridgehead atoms. The number of aliphatic imine (C=N–C) groups is 1. The van der Waals surface area contributed by atoms with E-state index in [0.717, 1.165) is 34.0 Å². The summed E-state index contributed by atoms with van der Waals surface area (Å²) in [6.45, 7) is 6.31. The van der Waals surface area contributed by atoms with Crippen molar-refractivity contribution >= 4 is 20.4 Å². The fourth-order valence-electron chi connectivity index (χ4n) is 2.55. The Labute approximate surface area is 150 Å². The first-order valence-electron chi connectivity index (χ1n) is 8.28. The predicted molar refractivity (Wildman–Crippen MR) is 105 cm³/mol. The van der Waals surface area contributed by atoms with Gasteiger partial charge in [0.2, 0.25) is 0 Å². The minimum atomic E-state index is -0.879. The zero-order valence-corrected chi connectivity index (χ0v) is 15.7. The monoisotopic (exact) mass is 345 g/mol. The second-order valence-electron chi connectivity index (χ2n) is 5.97. The van der Waals surface area contributed by atoms with Crippen molar-refractivity contribution in [2.45, 2.75) is 20.0 Å². The van der Waals surface area contributed by atoms with Crippen molar-refractivity contribution in [3.63, 3.8) is 0 Å². The number of hydrogen-bond acceptors (Lipinski definition) is 3. The molecule has 0 atom stereocenters. The van der Waals surface area contributed by atoms with Crippen molar-refractivity contribution in [2.75, 3.05) is 0 Å². The van der Waals surface area contributed by atoms with Crippen LogP contribution in [0.1, 0.15) is 16.8 Å². The molecule has 1 heterocycles. The number of hydrogen-bond donors (Lipinski definition) is 0. The number of rotatable bonds is 5. The van der Waals surface area contributed by atoms with Crippen LogP contribution in [0.15, 0.2) is 77.9 Å². The van der Waals surface area contributed by atoms with Crippen molar-refractivity contribution in [1.29, 1.82) is 0 Å². The van der Waals surface area contributed by atoms with Gasteiger partial charge in [-0.2, -0.15) is 0 Å². The van der Waals surface area contributed by atoms with Gasteiger partial charge in [0.05, 0.1) is 11.4 Å². The Kier molecular flexibility index (Phi) is 5.41. The van der Waals surface area contributed by atoms with E-state index in [1.165, 1.54) is 0 Å². The van der Waals surface area contributed by atoms with Crippen molar-refractivity contribution < 1.29 is 4.43 Å². The van der Waals surface area contributed by atoms with Gasteiger partial charge in [0.25, 0.3) is 9.04 Å². The van der Waals surface area contributed by atoms with Gasteiger partial charge in [-0.1, -0.05) is 48.5 Å². The lowest BCUT2D eigenvalue weighted by atomic mass is 10.1. The quantitative estimate of drug-likeness (QED) is 0.471. The Balaban J connectivity index is 2.16. The van der Waals surface area contributed by atoms with Gasteiger partial charge >= 0.3 is 0 Å². The van der Waals surface area contributed by atoms with Gasteiger partial charge in [-0.05, 0) is 43.8 Å². The maximum Gasteiger partial charge on any atom is 0.274 e. The summed E-state index contributed by atoms with van der Waals surface area (Å²) in [5.74, 6) is 0.866. The van der Waals surface area contributed by atoms with E-state index in [9.17, 15) is 0 Å². The van der Waals surface area contributed by atoms with E-state index in [1.807, 2.05) is 48.5 Å². The van der Waals surface area contributed by atoms with Crippen LogP contribution in [0.5, 0.6) is 5.75 Å². The highest BCUT2D eigenvalue weighted by atomic mass is 28.3. The summed E-state index contributed by atoms with van der Waals surface area (Å²) < 4.78 is 6.12. The van der Waals surface area contributed by atoms with E-state index in [0.29, 0.717) is 0 Å². The third-order valence-electron chi connectivity index (χ3n) is 3.68. The van der Waals surface area contributed by atoms with E-state index < -0.39 is 9.04 Å². The SMILES string of the molecule is Cc1cccc(N=C(c2ccccc2)c2ccccn2)c1O[Si](C)C. The van der Waals surface area contributed by atoms with Crippen LogP contribution in [0.2, 0.25) is 13.1 Å². The van der Waals surface area contributed by atoms with E-state index in [-0.39, 0.29) is 0 Å². The molecule has 0 unspecified atom stereocenters. The Hall–Kier alpha value is -2.72. The molecule has 0 aliphatic heterocycles. The van der Waals surface area contributed by atoms with E-state index >= 15 is 0 Å². The highest BCUT2D eigenvalue weighted by molar-refractivity contribution is 6.49. The summed E-state index contributed by atoms with van der Waals surface area (Å²) in [7, 11) is -0.879. The molecule has 0 aliphatic rings. The zero-order valence-electron chi connectivity index (χ0n) is 14.7. The standard InChI is InChI=1S/C21H21N2OSi/c1-16-10-9-14-19(21(16)24-25(2)3)23-20(17-11-5-4-6-12-17)18-13-7-8-15-22-18/h4-15H,1-3H3. The fraction of sp³-hybridized carbons (Fsp3) is 0.143. The average Bonchev–Trinajstić information content (AvgIpc) is 2.63. The molecule has 2 aromatic carbocycles. The molecular weight excluding hydrogens is 324 g/mol. The lowest BCUT2D eigenvalue weighted by Crippen LogP contribution is -2.12. The Bertz CT molecular complexity index is 820. The third kappa shape index (κ3) is 4.22. The van der Waals surface area contributed by atoms with Crippen LogP contribution < -0.4 is 4.43 Å². The third-order valence-corrected chi connectivity index (χ3v) is 4.30. The summed E-state index contributed by atoms with van der Waals surface area (Å²) in [5, 5.41) is 0. The summed E-state index contributed by atoms with van der Waals surface area (Å²) in [6.07, 6.45) is 1.79. The van der Waals surface area contributed by atoms with Crippen LogP contribution in [-0.2, 0) is 0 Å². The molecule has 0 aliphatic carbocycles. The average molecular weight is 345 g/mol. The molecule has 25 heavy (non-hydrogen) atoms. The van der Waals surface area contributed by atoms with Gasteiger partial charge in [-0.15, -0.1) is 0 Å². The molecule has 1 radical (unpaired) electrons. The van der Waals surface area contributed by atoms with Crippen LogP contribution in [-0.4, -0.2) is 19.7 Å². The number of para-hydroxylation sites is 1. The summed E-state index contributed by atoms with van der Waals surface area (Å²) in [6, 6.07) is 22.1. The first-order chi connectivity index (χ1) is 12.1. The second kappa shape index (κ2) is 7.90. The summed E-state index contributed by atoms with van der Waals surface area (Å²) >= 11 is 0.